The highest BCUT2D eigenvalue weighted by molar-refractivity contribution is 6.00. The van der Waals surface area contributed by atoms with Crippen LogP contribution >= 0.6 is 0 Å². The van der Waals surface area contributed by atoms with Gasteiger partial charge in [-0.15, -0.1) is 0 Å². The molecule has 0 amide bonds. The lowest BCUT2D eigenvalue weighted by Gasteiger charge is -2.11. The fourth-order valence-corrected chi connectivity index (χ4v) is 1.51. The second-order valence-electron chi connectivity index (χ2n) is 3.49. The molecule has 0 radical (unpaired) electrons. The maximum Gasteiger partial charge on any atom is 0.312 e. The van der Waals surface area contributed by atoms with Gasteiger partial charge in [-0.3, -0.25) is 4.79 Å². The van der Waals surface area contributed by atoms with E-state index < -0.39 is 11.9 Å². The molecule has 1 aromatic rings. The number of benzene rings is 1. The van der Waals surface area contributed by atoms with Gasteiger partial charge in [0.2, 0.25) is 0 Å². The van der Waals surface area contributed by atoms with E-state index in [1.807, 2.05) is 30.3 Å². The summed E-state index contributed by atoms with van der Waals surface area (Å²) in [6.07, 6.45) is 0.895. The van der Waals surface area contributed by atoms with Crippen LogP contribution in [0.2, 0.25) is 0 Å². The second-order valence-corrected chi connectivity index (χ2v) is 3.49. The third-order valence-corrected chi connectivity index (χ3v) is 2.36. The maximum atomic E-state index is 10.8. The molecule has 0 bridgehead atoms. The Bertz CT molecular complexity index is 346. The van der Waals surface area contributed by atoms with E-state index in [0.717, 1.165) is 5.56 Å². The molecule has 3 heteroatoms. The van der Waals surface area contributed by atoms with E-state index in [9.17, 15) is 4.79 Å². The Hall–Kier alpha value is -1.64. The van der Waals surface area contributed by atoms with Gasteiger partial charge in [0, 0.05) is 12.1 Å². The van der Waals surface area contributed by atoms with Crippen molar-refractivity contribution >= 4 is 11.7 Å². The zero-order valence-electron chi connectivity index (χ0n) is 8.73. The third kappa shape index (κ3) is 3.20. The van der Waals surface area contributed by atoms with Crippen molar-refractivity contribution in [1.82, 2.24) is 0 Å². The van der Waals surface area contributed by atoms with Crippen LogP contribution in [0.25, 0.3) is 0 Å². The summed E-state index contributed by atoms with van der Waals surface area (Å²) in [7, 11) is 0. The van der Waals surface area contributed by atoms with Crippen molar-refractivity contribution in [3.8, 4) is 0 Å². The number of nitrogens with one attached hydrogen (secondary N) is 1. The van der Waals surface area contributed by atoms with E-state index in [2.05, 4.69) is 0 Å². The second kappa shape index (κ2) is 5.29. The Morgan fingerprint density at radius 3 is 2.47 bits per heavy atom. The minimum absolute atomic E-state index is 0.274. The highest BCUT2D eigenvalue weighted by Gasteiger charge is 2.20. The number of aliphatic carboxylic acids is 1. The largest absolute Gasteiger partial charge is 0.481 e. The Balaban J connectivity index is 2.66. The van der Waals surface area contributed by atoms with Crippen LogP contribution in [0.4, 0.5) is 0 Å². The number of hydrogen-bond acceptors (Lipinski definition) is 2. The van der Waals surface area contributed by atoms with E-state index in [-0.39, 0.29) is 5.71 Å². The van der Waals surface area contributed by atoms with Gasteiger partial charge in [0.15, 0.2) is 0 Å². The van der Waals surface area contributed by atoms with Gasteiger partial charge in [0.05, 0.1) is 5.92 Å². The molecule has 15 heavy (non-hydrogen) atoms. The van der Waals surface area contributed by atoms with Gasteiger partial charge >= 0.3 is 5.97 Å². The predicted molar refractivity (Wildman–Crippen MR) is 59.3 cm³/mol. The lowest BCUT2D eigenvalue weighted by atomic mass is 9.95. The summed E-state index contributed by atoms with van der Waals surface area (Å²) in [4.78, 5) is 10.8. The van der Waals surface area contributed by atoms with Gasteiger partial charge in [-0.2, -0.15) is 0 Å². The highest BCUT2D eigenvalue weighted by atomic mass is 16.4. The van der Waals surface area contributed by atoms with Gasteiger partial charge in [-0.1, -0.05) is 37.3 Å². The van der Waals surface area contributed by atoms with Gasteiger partial charge in [-0.25, -0.2) is 0 Å². The summed E-state index contributed by atoms with van der Waals surface area (Å²) in [5, 5.41) is 16.6. The van der Waals surface area contributed by atoms with Crippen LogP contribution in [-0.4, -0.2) is 16.8 Å². The summed E-state index contributed by atoms with van der Waals surface area (Å²) in [6.45, 7) is 1.79. The smallest absolute Gasteiger partial charge is 0.312 e. The van der Waals surface area contributed by atoms with Gasteiger partial charge in [0.1, 0.15) is 0 Å². The van der Waals surface area contributed by atoms with E-state index >= 15 is 0 Å². The fourth-order valence-electron chi connectivity index (χ4n) is 1.51. The molecule has 80 valence electrons. The summed E-state index contributed by atoms with van der Waals surface area (Å²) in [5.74, 6) is -1.55. The summed E-state index contributed by atoms with van der Waals surface area (Å²) >= 11 is 0. The van der Waals surface area contributed by atoms with E-state index in [1.54, 1.807) is 6.92 Å². The van der Waals surface area contributed by atoms with Crippen molar-refractivity contribution in [2.24, 2.45) is 5.92 Å². The molecule has 0 saturated heterocycles. The number of hydrogen-bond donors (Lipinski definition) is 2. The van der Waals surface area contributed by atoms with Crippen molar-refractivity contribution in [1.29, 1.82) is 5.41 Å². The molecule has 0 unspecified atom stereocenters. The zero-order chi connectivity index (χ0) is 11.3. The molecule has 2 N–H and O–H groups in total. The first-order chi connectivity index (χ1) is 7.15. The molecule has 0 saturated carbocycles. The molecule has 0 fully saturated rings. The van der Waals surface area contributed by atoms with Crippen LogP contribution in [0.15, 0.2) is 30.3 Å². The number of carboxylic acid groups (broad SMARTS) is 1. The molecule has 3 nitrogen and oxygen atoms in total. The molecule has 0 aromatic heterocycles. The minimum atomic E-state index is -0.904. The van der Waals surface area contributed by atoms with Crippen molar-refractivity contribution in [2.45, 2.75) is 19.8 Å². The lowest BCUT2D eigenvalue weighted by molar-refractivity contribution is -0.139. The normalized spacial score (nSPS) is 12.1. The van der Waals surface area contributed by atoms with Crippen LogP contribution in [0.3, 0.4) is 0 Å². The maximum absolute atomic E-state index is 10.8. The molecule has 0 spiro atoms. The molecule has 1 atom stereocenters. The van der Waals surface area contributed by atoms with Crippen LogP contribution in [0, 0.1) is 11.3 Å². The van der Waals surface area contributed by atoms with Crippen molar-refractivity contribution < 1.29 is 9.90 Å². The molecule has 0 heterocycles. The number of carbonyl (C=O) groups is 1. The van der Waals surface area contributed by atoms with Crippen LogP contribution in [0.1, 0.15) is 18.9 Å². The minimum Gasteiger partial charge on any atom is -0.481 e. The lowest BCUT2D eigenvalue weighted by Crippen LogP contribution is -2.23. The van der Waals surface area contributed by atoms with Gasteiger partial charge in [-0.05, 0) is 12.0 Å². The monoisotopic (exact) mass is 205 g/mol. The fraction of sp³-hybridized carbons (Fsp3) is 0.333. The highest BCUT2D eigenvalue weighted by Crippen LogP contribution is 2.10. The van der Waals surface area contributed by atoms with Crippen LogP contribution in [-0.2, 0) is 11.2 Å². The van der Waals surface area contributed by atoms with E-state index in [1.165, 1.54) is 0 Å². The Kier molecular flexibility index (Phi) is 4.03. The summed E-state index contributed by atoms with van der Waals surface area (Å²) < 4.78 is 0. The predicted octanol–water partition coefficient (Wildman–Crippen LogP) is 2.36. The van der Waals surface area contributed by atoms with Gasteiger partial charge < -0.3 is 10.5 Å². The Morgan fingerprint density at radius 1 is 1.40 bits per heavy atom. The average Bonchev–Trinajstić information content (AvgIpc) is 2.19. The Morgan fingerprint density at radius 2 is 2.00 bits per heavy atom. The van der Waals surface area contributed by atoms with Crippen LogP contribution in [0.5, 0.6) is 0 Å². The van der Waals surface area contributed by atoms with E-state index in [4.69, 9.17) is 10.5 Å². The number of rotatable bonds is 5. The molecule has 0 aliphatic heterocycles. The standard InChI is InChI=1S/C12H15NO2/c1-2-10(12(14)15)11(13)8-9-6-4-3-5-7-9/h3-7,10,13H,2,8H2,1H3,(H,14,15)/t10-/m1/s1. The zero-order valence-corrected chi connectivity index (χ0v) is 8.73. The SMILES string of the molecule is CC[C@H](C(=N)Cc1ccccc1)C(=O)O. The molecule has 1 rings (SSSR count). The molecular weight excluding hydrogens is 190 g/mol. The average molecular weight is 205 g/mol. The molecular formula is C12H15NO2. The third-order valence-electron chi connectivity index (χ3n) is 2.36. The van der Waals surface area contributed by atoms with Crippen LogP contribution < -0.4 is 0 Å². The van der Waals surface area contributed by atoms with Crippen molar-refractivity contribution in [2.75, 3.05) is 0 Å². The molecule has 1 aromatic carbocycles. The molecule has 0 aliphatic carbocycles. The van der Waals surface area contributed by atoms with Crippen molar-refractivity contribution in [3.05, 3.63) is 35.9 Å². The van der Waals surface area contributed by atoms with Crippen molar-refractivity contribution in [3.63, 3.8) is 0 Å². The first-order valence-electron chi connectivity index (χ1n) is 4.99. The topological polar surface area (TPSA) is 61.2 Å². The van der Waals surface area contributed by atoms with E-state index in [0.29, 0.717) is 12.8 Å². The summed E-state index contributed by atoms with van der Waals surface area (Å²) in [6, 6.07) is 9.50. The molecule has 0 aliphatic rings. The first-order valence-corrected chi connectivity index (χ1v) is 4.99. The first kappa shape index (κ1) is 11.4. The number of carboxylic acids is 1. The quantitative estimate of drug-likeness (QED) is 0.725. The Labute approximate surface area is 89.3 Å². The summed E-state index contributed by atoms with van der Waals surface area (Å²) in [5.41, 5.74) is 1.26. The van der Waals surface area contributed by atoms with Gasteiger partial charge in [0.25, 0.3) is 0 Å².